The molecule has 3 aromatic rings. The summed E-state index contributed by atoms with van der Waals surface area (Å²) < 4.78 is 25.2. The van der Waals surface area contributed by atoms with Crippen LogP contribution in [0.25, 0.3) is 11.0 Å². The van der Waals surface area contributed by atoms with Crippen LogP contribution in [-0.2, 0) is 16.1 Å². The van der Waals surface area contributed by atoms with Gasteiger partial charge in [0.2, 0.25) is 0 Å². The first-order valence-corrected chi connectivity index (χ1v) is 13.6. The fourth-order valence-electron chi connectivity index (χ4n) is 5.83. The number of allylic oxidation sites excluding steroid dienone is 3. The molecule has 2 fully saturated rings. The van der Waals surface area contributed by atoms with E-state index in [-0.39, 0.29) is 17.5 Å². The van der Waals surface area contributed by atoms with E-state index in [1.165, 1.54) is 12.0 Å². The molecule has 1 aromatic heterocycles. The third-order valence-corrected chi connectivity index (χ3v) is 7.81. The Hall–Kier alpha value is -3.15. The van der Waals surface area contributed by atoms with Crippen molar-refractivity contribution in [2.75, 3.05) is 13.2 Å². The second-order valence-electron chi connectivity index (χ2n) is 10.3. The highest BCUT2D eigenvalue weighted by molar-refractivity contribution is 5.79. The Morgan fingerprint density at radius 2 is 1.78 bits per heavy atom. The van der Waals surface area contributed by atoms with Gasteiger partial charge in [0.1, 0.15) is 35.9 Å². The first-order valence-electron chi connectivity index (χ1n) is 13.6. The molecule has 1 saturated carbocycles. The second-order valence-corrected chi connectivity index (χ2v) is 10.3. The van der Waals surface area contributed by atoms with Gasteiger partial charge in [0.15, 0.2) is 5.43 Å². The summed E-state index contributed by atoms with van der Waals surface area (Å²) in [4.78, 5) is 13.9. The lowest BCUT2D eigenvalue weighted by molar-refractivity contribution is -0.133. The predicted molar refractivity (Wildman–Crippen MR) is 144 cm³/mol. The molecule has 1 saturated heterocycles. The molecular weight excluding hydrogens is 464 g/mol. The van der Waals surface area contributed by atoms with E-state index in [1.54, 1.807) is 0 Å². The Morgan fingerprint density at radius 3 is 2.59 bits per heavy atom. The average Bonchev–Trinajstić information content (AvgIpc) is 2.97. The Morgan fingerprint density at radius 1 is 0.946 bits per heavy atom. The van der Waals surface area contributed by atoms with Gasteiger partial charge in [-0.25, -0.2) is 0 Å². The van der Waals surface area contributed by atoms with Gasteiger partial charge in [0, 0.05) is 11.6 Å². The molecule has 2 atom stereocenters. The Kier molecular flexibility index (Phi) is 7.25. The number of ether oxygens (including phenoxy) is 3. The molecule has 0 bridgehead atoms. The normalized spacial score (nSPS) is 22.6. The average molecular weight is 499 g/mol. The van der Waals surface area contributed by atoms with E-state index in [9.17, 15) is 4.79 Å². The van der Waals surface area contributed by atoms with Crippen LogP contribution in [0.1, 0.15) is 73.9 Å². The van der Waals surface area contributed by atoms with Gasteiger partial charge in [-0.05, 0) is 54.9 Å². The van der Waals surface area contributed by atoms with E-state index in [2.05, 4.69) is 18.2 Å². The standard InChI is InChI=1S/C32H34O5/c33-31-26-17-16-25(35-19-22-10-4-1-5-11-22)18-27(26)37-32(30(31)24-14-8-3-9-15-24)29-21-34-20-28(36-29)23-12-6-2-7-13-23/h1-2,4-6,10-12,16-18,24,28-29H,3,7-9,13-15,19-21H2. The van der Waals surface area contributed by atoms with Crippen molar-refractivity contribution < 1.29 is 18.6 Å². The Balaban J connectivity index is 1.36. The Labute approximate surface area is 217 Å². The summed E-state index contributed by atoms with van der Waals surface area (Å²) >= 11 is 0. The molecule has 0 radical (unpaired) electrons. The van der Waals surface area contributed by atoms with Crippen molar-refractivity contribution >= 4 is 11.0 Å². The second kappa shape index (κ2) is 11.1. The summed E-state index contributed by atoms with van der Waals surface area (Å²) in [6, 6.07) is 15.6. The van der Waals surface area contributed by atoms with Crippen LogP contribution >= 0.6 is 0 Å². The zero-order valence-corrected chi connectivity index (χ0v) is 21.2. The highest BCUT2D eigenvalue weighted by atomic mass is 16.6. The van der Waals surface area contributed by atoms with Gasteiger partial charge in [-0.1, -0.05) is 67.8 Å². The lowest BCUT2D eigenvalue weighted by atomic mass is 9.82. The van der Waals surface area contributed by atoms with Gasteiger partial charge < -0.3 is 18.6 Å². The van der Waals surface area contributed by atoms with Crippen molar-refractivity contribution in [3.05, 3.63) is 99.4 Å². The first kappa shape index (κ1) is 24.2. The molecule has 2 heterocycles. The van der Waals surface area contributed by atoms with Crippen molar-refractivity contribution in [1.82, 2.24) is 0 Å². The number of benzene rings is 2. The monoisotopic (exact) mass is 498 g/mol. The molecule has 3 aliphatic rings. The third-order valence-electron chi connectivity index (χ3n) is 7.81. The van der Waals surface area contributed by atoms with Crippen molar-refractivity contribution in [3.63, 3.8) is 0 Å². The number of hydrogen-bond donors (Lipinski definition) is 0. The predicted octanol–water partition coefficient (Wildman–Crippen LogP) is 7.15. The molecular formula is C32H34O5. The minimum Gasteiger partial charge on any atom is -0.489 e. The molecule has 192 valence electrons. The fourth-order valence-corrected chi connectivity index (χ4v) is 5.83. The molecule has 2 aromatic carbocycles. The van der Waals surface area contributed by atoms with Crippen LogP contribution in [0, 0.1) is 0 Å². The largest absolute Gasteiger partial charge is 0.489 e. The van der Waals surface area contributed by atoms with Crippen LogP contribution in [0.4, 0.5) is 0 Å². The van der Waals surface area contributed by atoms with Gasteiger partial charge in [-0.2, -0.15) is 0 Å². The molecule has 0 amide bonds. The fraction of sp³-hybridized carbons (Fsp3) is 0.406. The number of fused-ring (bicyclic) bond motifs is 1. The van der Waals surface area contributed by atoms with E-state index >= 15 is 0 Å². The lowest BCUT2D eigenvalue weighted by Gasteiger charge is -2.33. The molecule has 0 N–H and O–H groups in total. The van der Waals surface area contributed by atoms with Gasteiger partial charge >= 0.3 is 0 Å². The van der Waals surface area contributed by atoms with E-state index in [0.717, 1.165) is 49.7 Å². The van der Waals surface area contributed by atoms with Gasteiger partial charge in [0.25, 0.3) is 0 Å². The van der Waals surface area contributed by atoms with Crippen molar-refractivity contribution in [2.24, 2.45) is 0 Å². The topological polar surface area (TPSA) is 57.9 Å². The van der Waals surface area contributed by atoms with Crippen molar-refractivity contribution in [1.29, 1.82) is 0 Å². The van der Waals surface area contributed by atoms with Crippen LogP contribution in [0.2, 0.25) is 0 Å². The van der Waals surface area contributed by atoms with Crippen molar-refractivity contribution in [3.8, 4) is 5.75 Å². The van der Waals surface area contributed by atoms with E-state index in [1.807, 2.05) is 48.5 Å². The summed E-state index contributed by atoms with van der Waals surface area (Å²) in [7, 11) is 0. The summed E-state index contributed by atoms with van der Waals surface area (Å²) in [5, 5.41) is 0.602. The van der Waals surface area contributed by atoms with Gasteiger partial charge in [-0.3, -0.25) is 4.79 Å². The van der Waals surface area contributed by atoms with E-state index < -0.39 is 6.10 Å². The summed E-state index contributed by atoms with van der Waals surface area (Å²) in [6.07, 6.45) is 13.4. The molecule has 2 aliphatic carbocycles. The third kappa shape index (κ3) is 5.29. The minimum atomic E-state index is -0.409. The molecule has 2 unspecified atom stereocenters. The zero-order valence-electron chi connectivity index (χ0n) is 21.2. The minimum absolute atomic E-state index is 0.0586. The maximum Gasteiger partial charge on any atom is 0.196 e. The first-order chi connectivity index (χ1) is 18.3. The summed E-state index contributed by atoms with van der Waals surface area (Å²) in [6.45, 7) is 1.37. The number of rotatable bonds is 6. The van der Waals surface area contributed by atoms with Crippen LogP contribution in [0.5, 0.6) is 5.75 Å². The molecule has 6 rings (SSSR count). The van der Waals surface area contributed by atoms with Gasteiger partial charge in [0.05, 0.1) is 18.6 Å². The smallest absolute Gasteiger partial charge is 0.196 e. The molecule has 5 heteroatoms. The highest BCUT2D eigenvalue weighted by Crippen LogP contribution is 2.39. The lowest BCUT2D eigenvalue weighted by Crippen LogP contribution is -2.34. The zero-order chi connectivity index (χ0) is 25.0. The van der Waals surface area contributed by atoms with Crippen molar-refractivity contribution in [2.45, 2.75) is 69.7 Å². The van der Waals surface area contributed by atoms with E-state index in [4.69, 9.17) is 18.6 Å². The Bertz CT molecular complexity index is 1350. The molecule has 37 heavy (non-hydrogen) atoms. The maximum absolute atomic E-state index is 13.9. The van der Waals surface area contributed by atoms with Crippen LogP contribution < -0.4 is 10.2 Å². The molecule has 5 nitrogen and oxygen atoms in total. The quantitative estimate of drug-likeness (QED) is 0.361. The van der Waals surface area contributed by atoms with Crippen LogP contribution in [0.3, 0.4) is 0 Å². The maximum atomic E-state index is 13.9. The van der Waals surface area contributed by atoms with Gasteiger partial charge in [-0.15, -0.1) is 0 Å². The summed E-state index contributed by atoms with van der Waals surface area (Å²) in [5.41, 5.74) is 3.71. The van der Waals surface area contributed by atoms with Crippen LogP contribution in [-0.4, -0.2) is 19.3 Å². The molecule has 0 spiro atoms. The highest BCUT2D eigenvalue weighted by Gasteiger charge is 2.34. The van der Waals surface area contributed by atoms with Crippen LogP contribution in [0.15, 0.2) is 81.5 Å². The SMILES string of the molecule is O=c1c(C2CCCCC2)c(C2COCC(C3=CC=CCC3)O2)oc2cc(OCc3ccccc3)ccc12. The number of hydrogen-bond acceptors (Lipinski definition) is 5. The summed E-state index contributed by atoms with van der Waals surface area (Å²) in [5.74, 6) is 1.51. The van der Waals surface area contributed by atoms with E-state index in [0.29, 0.717) is 42.3 Å². The molecule has 1 aliphatic heterocycles.